The van der Waals surface area contributed by atoms with Gasteiger partial charge in [-0.05, 0) is 25.8 Å². The number of aliphatic hydroxyl groups is 2. The van der Waals surface area contributed by atoms with E-state index in [-0.39, 0.29) is 12.7 Å². The van der Waals surface area contributed by atoms with Crippen molar-refractivity contribution in [1.82, 2.24) is 4.90 Å². The van der Waals surface area contributed by atoms with Crippen molar-refractivity contribution in [2.24, 2.45) is 5.92 Å². The molecule has 0 bridgehead atoms. The highest BCUT2D eigenvalue weighted by Gasteiger charge is 2.23. The van der Waals surface area contributed by atoms with E-state index in [0.29, 0.717) is 25.7 Å². The highest BCUT2D eigenvalue weighted by atomic mass is 16.5. The van der Waals surface area contributed by atoms with E-state index < -0.39 is 6.10 Å². The second-order valence-corrected chi connectivity index (χ2v) is 4.85. The van der Waals surface area contributed by atoms with E-state index in [0.717, 1.165) is 19.5 Å². The number of hydrogen-bond acceptors (Lipinski definition) is 5. The van der Waals surface area contributed by atoms with Gasteiger partial charge in [0.05, 0.1) is 25.4 Å². The maximum absolute atomic E-state index is 9.82. The quantitative estimate of drug-likeness (QED) is 0.617. The highest BCUT2D eigenvalue weighted by molar-refractivity contribution is 4.76. The lowest BCUT2D eigenvalue weighted by Gasteiger charge is -2.21. The van der Waals surface area contributed by atoms with Crippen molar-refractivity contribution in [2.75, 3.05) is 46.6 Å². The summed E-state index contributed by atoms with van der Waals surface area (Å²) in [5.74, 6) is 0.371. The van der Waals surface area contributed by atoms with Crippen LogP contribution in [0.2, 0.25) is 0 Å². The number of β-amino-alcohol motifs (C(OH)–C–C–N with tert-alkyl or cyclic N) is 1. The molecule has 0 aliphatic carbocycles. The van der Waals surface area contributed by atoms with E-state index in [2.05, 4.69) is 4.90 Å². The largest absolute Gasteiger partial charge is 0.396 e. The SMILES string of the molecule is COCC(C)OCC(O)CN1CCC(CO)C1. The van der Waals surface area contributed by atoms with Gasteiger partial charge in [0.1, 0.15) is 0 Å². The Bertz CT molecular complexity index is 203. The van der Waals surface area contributed by atoms with Crippen LogP contribution in [-0.2, 0) is 9.47 Å². The van der Waals surface area contributed by atoms with Crippen LogP contribution >= 0.6 is 0 Å². The Morgan fingerprint density at radius 2 is 2.18 bits per heavy atom. The summed E-state index contributed by atoms with van der Waals surface area (Å²) in [6.45, 7) is 5.50. The Hall–Kier alpha value is -0.200. The first-order valence-corrected chi connectivity index (χ1v) is 6.27. The van der Waals surface area contributed by atoms with Crippen LogP contribution in [0.25, 0.3) is 0 Å². The zero-order valence-corrected chi connectivity index (χ0v) is 10.8. The van der Waals surface area contributed by atoms with Crippen LogP contribution in [-0.4, -0.2) is 73.9 Å². The lowest BCUT2D eigenvalue weighted by molar-refractivity contribution is -0.0385. The van der Waals surface area contributed by atoms with Gasteiger partial charge in [-0.15, -0.1) is 0 Å². The first kappa shape index (κ1) is 14.9. The Labute approximate surface area is 103 Å². The van der Waals surface area contributed by atoms with Crippen LogP contribution in [0.5, 0.6) is 0 Å². The van der Waals surface area contributed by atoms with Crippen molar-refractivity contribution in [2.45, 2.75) is 25.6 Å². The molecule has 2 N–H and O–H groups in total. The summed E-state index contributed by atoms with van der Waals surface area (Å²) in [6.07, 6.45) is 0.564. The molecule has 0 aromatic rings. The summed E-state index contributed by atoms with van der Waals surface area (Å²) in [7, 11) is 1.63. The van der Waals surface area contributed by atoms with Crippen LogP contribution < -0.4 is 0 Å². The number of aliphatic hydroxyl groups excluding tert-OH is 2. The lowest BCUT2D eigenvalue weighted by Crippen LogP contribution is -2.35. The maximum atomic E-state index is 9.82. The molecule has 5 heteroatoms. The number of likely N-dealkylation sites (tertiary alicyclic amines) is 1. The minimum absolute atomic E-state index is 0.0124. The van der Waals surface area contributed by atoms with Gasteiger partial charge in [-0.1, -0.05) is 0 Å². The molecule has 0 saturated carbocycles. The van der Waals surface area contributed by atoms with Gasteiger partial charge in [0.25, 0.3) is 0 Å². The minimum Gasteiger partial charge on any atom is -0.396 e. The summed E-state index contributed by atoms with van der Waals surface area (Å²) < 4.78 is 10.4. The molecule has 3 atom stereocenters. The van der Waals surface area contributed by atoms with E-state index in [1.54, 1.807) is 7.11 Å². The van der Waals surface area contributed by atoms with Gasteiger partial charge in [-0.2, -0.15) is 0 Å². The first-order chi connectivity index (χ1) is 8.15. The first-order valence-electron chi connectivity index (χ1n) is 6.27. The zero-order valence-electron chi connectivity index (χ0n) is 10.8. The fourth-order valence-corrected chi connectivity index (χ4v) is 2.14. The van der Waals surface area contributed by atoms with Gasteiger partial charge in [-0.3, -0.25) is 0 Å². The summed E-state index contributed by atoms with van der Waals surface area (Å²) in [6, 6.07) is 0. The summed E-state index contributed by atoms with van der Waals surface area (Å²) in [4.78, 5) is 2.18. The molecule has 17 heavy (non-hydrogen) atoms. The molecule has 5 nitrogen and oxygen atoms in total. The van der Waals surface area contributed by atoms with E-state index in [4.69, 9.17) is 14.6 Å². The van der Waals surface area contributed by atoms with Crippen LogP contribution in [0.4, 0.5) is 0 Å². The van der Waals surface area contributed by atoms with E-state index in [1.165, 1.54) is 0 Å². The minimum atomic E-state index is -0.466. The molecule has 1 aliphatic rings. The van der Waals surface area contributed by atoms with Crippen molar-refractivity contribution in [1.29, 1.82) is 0 Å². The van der Waals surface area contributed by atoms with Crippen molar-refractivity contribution < 1.29 is 19.7 Å². The molecule has 0 amide bonds. The zero-order chi connectivity index (χ0) is 12.7. The Kier molecular flexibility index (Phi) is 6.99. The van der Waals surface area contributed by atoms with Crippen molar-refractivity contribution in [3.8, 4) is 0 Å². The van der Waals surface area contributed by atoms with Crippen LogP contribution in [0.1, 0.15) is 13.3 Å². The monoisotopic (exact) mass is 247 g/mol. The molecule has 0 spiro atoms. The van der Waals surface area contributed by atoms with E-state index in [9.17, 15) is 5.11 Å². The predicted molar refractivity (Wildman–Crippen MR) is 64.9 cm³/mol. The molecule has 3 unspecified atom stereocenters. The Balaban J connectivity index is 2.10. The predicted octanol–water partition coefficient (Wildman–Crippen LogP) is -0.287. The fraction of sp³-hybridized carbons (Fsp3) is 1.00. The van der Waals surface area contributed by atoms with Crippen molar-refractivity contribution in [3.05, 3.63) is 0 Å². The third kappa shape index (κ3) is 5.79. The van der Waals surface area contributed by atoms with E-state index in [1.807, 2.05) is 6.92 Å². The Morgan fingerprint density at radius 1 is 1.41 bits per heavy atom. The number of methoxy groups -OCH3 is 1. The molecule has 1 heterocycles. The van der Waals surface area contributed by atoms with Crippen LogP contribution in [0.3, 0.4) is 0 Å². The molecular formula is C12H25NO4. The topological polar surface area (TPSA) is 62.2 Å². The average Bonchev–Trinajstić information content (AvgIpc) is 2.74. The summed E-state index contributed by atoms with van der Waals surface area (Å²) >= 11 is 0. The standard InChI is InChI=1S/C12H25NO4/c1-10(8-16-2)17-9-12(15)6-13-4-3-11(5-13)7-14/h10-12,14-15H,3-9H2,1-2H3. The number of nitrogens with zero attached hydrogens (tertiary/aromatic N) is 1. The van der Waals surface area contributed by atoms with Gasteiger partial charge >= 0.3 is 0 Å². The van der Waals surface area contributed by atoms with Crippen molar-refractivity contribution >= 4 is 0 Å². The normalized spacial score (nSPS) is 25.1. The molecule has 1 rings (SSSR count). The molecule has 0 aromatic heterocycles. The summed E-state index contributed by atoms with van der Waals surface area (Å²) in [5.41, 5.74) is 0. The molecule has 0 radical (unpaired) electrons. The lowest BCUT2D eigenvalue weighted by atomic mass is 10.1. The number of ether oxygens (including phenoxy) is 2. The smallest absolute Gasteiger partial charge is 0.0900 e. The van der Waals surface area contributed by atoms with E-state index >= 15 is 0 Å². The molecule has 102 valence electrons. The molecular weight excluding hydrogens is 222 g/mol. The fourth-order valence-electron chi connectivity index (χ4n) is 2.14. The third-order valence-corrected chi connectivity index (χ3v) is 3.07. The van der Waals surface area contributed by atoms with Gasteiger partial charge in [0.15, 0.2) is 0 Å². The van der Waals surface area contributed by atoms with Crippen molar-refractivity contribution in [3.63, 3.8) is 0 Å². The number of hydrogen-bond donors (Lipinski definition) is 2. The van der Waals surface area contributed by atoms with Gasteiger partial charge in [0.2, 0.25) is 0 Å². The van der Waals surface area contributed by atoms with Crippen LogP contribution in [0, 0.1) is 5.92 Å². The van der Waals surface area contributed by atoms with Gasteiger partial charge in [0, 0.05) is 26.8 Å². The summed E-state index contributed by atoms with van der Waals surface area (Å²) in [5, 5.41) is 18.8. The second-order valence-electron chi connectivity index (χ2n) is 4.85. The van der Waals surface area contributed by atoms with Crippen LogP contribution in [0.15, 0.2) is 0 Å². The average molecular weight is 247 g/mol. The maximum Gasteiger partial charge on any atom is 0.0900 e. The third-order valence-electron chi connectivity index (χ3n) is 3.07. The molecule has 1 fully saturated rings. The van der Waals surface area contributed by atoms with Gasteiger partial charge in [-0.25, -0.2) is 0 Å². The van der Waals surface area contributed by atoms with Gasteiger partial charge < -0.3 is 24.6 Å². The Morgan fingerprint density at radius 3 is 2.76 bits per heavy atom. The molecule has 1 aliphatic heterocycles. The molecule has 1 saturated heterocycles. The second kappa shape index (κ2) is 8.00. The molecule has 0 aromatic carbocycles. The highest BCUT2D eigenvalue weighted by Crippen LogP contribution is 2.15. The number of rotatable bonds is 8.